The number of nitrogens with zero attached hydrogens (tertiary/aromatic N) is 3. The Morgan fingerprint density at radius 1 is 1.13 bits per heavy atom. The molecule has 31 heavy (non-hydrogen) atoms. The molecular weight excluding hydrogens is 416 g/mol. The van der Waals surface area contributed by atoms with E-state index in [4.69, 9.17) is 9.47 Å². The van der Waals surface area contributed by atoms with Gasteiger partial charge in [-0.3, -0.25) is 15.5 Å². The molecule has 1 heterocycles. The van der Waals surface area contributed by atoms with Gasteiger partial charge in [-0.1, -0.05) is 35.6 Å². The van der Waals surface area contributed by atoms with E-state index in [1.165, 1.54) is 24.5 Å². The zero-order chi connectivity index (χ0) is 21.6. The summed E-state index contributed by atoms with van der Waals surface area (Å²) in [6.07, 6.45) is 1.65. The van der Waals surface area contributed by atoms with Crippen LogP contribution in [0.3, 0.4) is 0 Å². The largest absolute Gasteiger partial charge is 0.493 e. The summed E-state index contributed by atoms with van der Waals surface area (Å²) in [7, 11) is 1.54. The number of fused-ring (bicyclic) bond motifs is 1. The van der Waals surface area contributed by atoms with E-state index in [2.05, 4.69) is 15.5 Å². The van der Waals surface area contributed by atoms with Gasteiger partial charge in [-0.15, -0.1) is 0 Å². The highest BCUT2D eigenvalue weighted by molar-refractivity contribution is 7.22. The molecule has 0 unspecified atom stereocenters. The van der Waals surface area contributed by atoms with Gasteiger partial charge in [0.05, 0.1) is 34.0 Å². The lowest BCUT2D eigenvalue weighted by Gasteiger charge is -2.11. The second-order valence-electron chi connectivity index (χ2n) is 6.44. The molecule has 0 atom stereocenters. The molecule has 3 aromatic carbocycles. The first kappa shape index (κ1) is 20.3. The molecular formula is C22H18N4O4S. The molecule has 0 saturated carbocycles. The van der Waals surface area contributed by atoms with Crippen LogP contribution in [0, 0.1) is 10.1 Å². The predicted molar refractivity (Wildman–Crippen MR) is 121 cm³/mol. The number of methoxy groups -OCH3 is 1. The molecule has 1 N–H and O–H groups in total. The number of nitro benzene ring substituents is 1. The van der Waals surface area contributed by atoms with E-state index in [1.54, 1.807) is 36.5 Å². The van der Waals surface area contributed by atoms with Crippen molar-refractivity contribution in [3.05, 3.63) is 88.0 Å². The minimum Gasteiger partial charge on any atom is -0.493 e. The average Bonchev–Trinajstić information content (AvgIpc) is 3.21. The third kappa shape index (κ3) is 4.78. The summed E-state index contributed by atoms with van der Waals surface area (Å²) in [5.74, 6) is 0.986. The maximum absolute atomic E-state index is 11.2. The van der Waals surface area contributed by atoms with E-state index >= 15 is 0 Å². The van der Waals surface area contributed by atoms with Crippen LogP contribution in [0.4, 0.5) is 10.8 Å². The Labute approximate surface area is 181 Å². The molecule has 156 valence electrons. The molecule has 0 radical (unpaired) electrons. The standard InChI is InChI=1S/C22H18N4O4S/c1-29-20-12-15(13-23-25-22-24-17-7-3-5-9-21(17)31-22)10-11-19(20)30-14-16-6-2-4-8-18(16)26(27)28/h2-13H,14H2,1H3,(H,24,25)/b23-13-. The van der Waals surface area contributed by atoms with E-state index in [1.807, 2.05) is 30.3 Å². The van der Waals surface area contributed by atoms with Crippen molar-refractivity contribution in [1.29, 1.82) is 0 Å². The number of hydrogen-bond acceptors (Lipinski definition) is 8. The second kappa shape index (κ2) is 9.23. The van der Waals surface area contributed by atoms with Crippen LogP contribution in [0.2, 0.25) is 0 Å². The van der Waals surface area contributed by atoms with Gasteiger partial charge in [0.15, 0.2) is 11.5 Å². The molecule has 0 aliphatic heterocycles. The number of anilines is 1. The predicted octanol–water partition coefficient (Wildman–Crippen LogP) is 5.24. The van der Waals surface area contributed by atoms with E-state index in [-0.39, 0.29) is 12.3 Å². The summed E-state index contributed by atoms with van der Waals surface area (Å²) in [6, 6.07) is 19.7. The topological polar surface area (TPSA) is 98.9 Å². The fraction of sp³-hybridized carbons (Fsp3) is 0.0909. The average molecular weight is 434 g/mol. The molecule has 1 aromatic heterocycles. The van der Waals surface area contributed by atoms with Crippen LogP contribution >= 0.6 is 11.3 Å². The normalized spacial score (nSPS) is 11.0. The number of nitro groups is 1. The van der Waals surface area contributed by atoms with E-state index in [9.17, 15) is 10.1 Å². The first-order valence-corrected chi connectivity index (χ1v) is 10.1. The first-order valence-electron chi connectivity index (χ1n) is 9.32. The highest BCUT2D eigenvalue weighted by Crippen LogP contribution is 2.30. The van der Waals surface area contributed by atoms with Crippen molar-refractivity contribution in [2.45, 2.75) is 6.61 Å². The minimum absolute atomic E-state index is 0.0196. The van der Waals surface area contributed by atoms with Gasteiger partial charge in [0.2, 0.25) is 5.13 Å². The van der Waals surface area contributed by atoms with Crippen molar-refractivity contribution in [2.75, 3.05) is 12.5 Å². The van der Waals surface area contributed by atoms with Crippen molar-refractivity contribution in [3.8, 4) is 11.5 Å². The number of aromatic nitrogens is 1. The molecule has 4 rings (SSSR count). The Morgan fingerprint density at radius 2 is 1.94 bits per heavy atom. The highest BCUT2D eigenvalue weighted by Gasteiger charge is 2.14. The number of thiazole rings is 1. The van der Waals surface area contributed by atoms with Crippen molar-refractivity contribution in [1.82, 2.24) is 4.98 Å². The summed E-state index contributed by atoms with van der Waals surface area (Å²) < 4.78 is 12.3. The summed E-state index contributed by atoms with van der Waals surface area (Å²) >= 11 is 1.52. The van der Waals surface area contributed by atoms with Crippen LogP contribution in [0.25, 0.3) is 10.2 Å². The molecule has 0 fully saturated rings. The Hall–Kier alpha value is -3.98. The van der Waals surface area contributed by atoms with E-state index in [0.717, 1.165) is 15.8 Å². The molecule has 8 nitrogen and oxygen atoms in total. The summed E-state index contributed by atoms with van der Waals surface area (Å²) in [5, 5.41) is 16.1. The third-order valence-corrected chi connectivity index (χ3v) is 5.37. The maximum atomic E-state index is 11.2. The number of benzene rings is 3. The molecule has 9 heteroatoms. The Bertz CT molecular complexity index is 1220. The van der Waals surface area contributed by atoms with Crippen LogP contribution in [-0.2, 0) is 6.61 Å². The maximum Gasteiger partial charge on any atom is 0.276 e. The number of hydrazone groups is 1. The van der Waals surface area contributed by atoms with Crippen molar-refractivity contribution in [2.24, 2.45) is 5.10 Å². The minimum atomic E-state index is -0.423. The zero-order valence-electron chi connectivity index (χ0n) is 16.5. The molecule has 0 amide bonds. The van der Waals surface area contributed by atoms with Crippen molar-refractivity contribution >= 4 is 38.6 Å². The van der Waals surface area contributed by atoms with Gasteiger partial charge in [0.25, 0.3) is 5.69 Å². The number of hydrogen-bond donors (Lipinski definition) is 1. The zero-order valence-corrected chi connectivity index (χ0v) is 17.3. The van der Waals surface area contributed by atoms with Crippen LogP contribution in [0.5, 0.6) is 11.5 Å². The molecule has 0 aliphatic carbocycles. The lowest BCUT2D eigenvalue weighted by Crippen LogP contribution is -2.02. The quantitative estimate of drug-likeness (QED) is 0.231. The number of para-hydroxylation sites is 2. The highest BCUT2D eigenvalue weighted by atomic mass is 32.1. The van der Waals surface area contributed by atoms with Crippen LogP contribution < -0.4 is 14.9 Å². The van der Waals surface area contributed by atoms with E-state index < -0.39 is 4.92 Å². The monoisotopic (exact) mass is 434 g/mol. The Balaban J connectivity index is 1.44. The summed E-state index contributed by atoms with van der Waals surface area (Å²) in [4.78, 5) is 15.2. The number of rotatable bonds is 8. The molecule has 4 aromatic rings. The number of ether oxygens (including phenoxy) is 2. The van der Waals surface area contributed by atoms with Gasteiger partial charge < -0.3 is 9.47 Å². The van der Waals surface area contributed by atoms with Crippen LogP contribution in [0.1, 0.15) is 11.1 Å². The van der Waals surface area contributed by atoms with Gasteiger partial charge in [-0.25, -0.2) is 4.98 Å². The van der Waals surface area contributed by atoms with Gasteiger partial charge in [-0.2, -0.15) is 5.10 Å². The third-order valence-electron chi connectivity index (χ3n) is 4.43. The molecule has 0 aliphatic rings. The number of nitrogens with one attached hydrogen (secondary N) is 1. The van der Waals surface area contributed by atoms with Crippen LogP contribution in [0.15, 0.2) is 71.8 Å². The smallest absolute Gasteiger partial charge is 0.276 e. The van der Waals surface area contributed by atoms with Crippen LogP contribution in [-0.4, -0.2) is 23.2 Å². The van der Waals surface area contributed by atoms with Crippen molar-refractivity contribution in [3.63, 3.8) is 0 Å². The summed E-state index contributed by atoms with van der Waals surface area (Å²) in [6.45, 7) is 0.0557. The SMILES string of the molecule is COc1cc(/C=N\Nc2nc3ccccc3s2)ccc1OCc1ccccc1[N+](=O)[O-]. The second-order valence-corrected chi connectivity index (χ2v) is 7.47. The van der Waals surface area contributed by atoms with Crippen molar-refractivity contribution < 1.29 is 14.4 Å². The molecule has 0 spiro atoms. The van der Waals surface area contributed by atoms with Gasteiger partial charge in [0.1, 0.15) is 6.61 Å². The first-order chi connectivity index (χ1) is 15.1. The lowest BCUT2D eigenvalue weighted by atomic mass is 10.2. The Morgan fingerprint density at radius 3 is 2.74 bits per heavy atom. The molecule has 0 saturated heterocycles. The Kier molecular flexibility index (Phi) is 6.04. The van der Waals surface area contributed by atoms with Gasteiger partial charge in [-0.05, 0) is 42.0 Å². The molecule has 0 bridgehead atoms. The van der Waals surface area contributed by atoms with Gasteiger partial charge in [0, 0.05) is 6.07 Å². The summed E-state index contributed by atoms with van der Waals surface area (Å²) in [5.41, 5.74) is 5.16. The van der Waals surface area contributed by atoms with Gasteiger partial charge >= 0.3 is 0 Å². The van der Waals surface area contributed by atoms with E-state index in [0.29, 0.717) is 22.2 Å². The fourth-order valence-electron chi connectivity index (χ4n) is 2.93. The fourth-order valence-corrected chi connectivity index (χ4v) is 3.75. The lowest BCUT2D eigenvalue weighted by molar-refractivity contribution is -0.385.